The third-order valence-electron chi connectivity index (χ3n) is 1.60. The van der Waals surface area contributed by atoms with Crippen molar-refractivity contribution in [2.75, 3.05) is 12.4 Å². The van der Waals surface area contributed by atoms with Gasteiger partial charge in [-0.05, 0) is 6.42 Å². The van der Waals surface area contributed by atoms with Crippen LogP contribution in [0.4, 0.5) is 0 Å². The summed E-state index contributed by atoms with van der Waals surface area (Å²) in [4.78, 5) is 4.16. The molecule has 0 saturated heterocycles. The van der Waals surface area contributed by atoms with Gasteiger partial charge in [-0.1, -0.05) is 6.92 Å². The van der Waals surface area contributed by atoms with Gasteiger partial charge in [0.05, 0.1) is 12.4 Å². The molecule has 0 fully saturated rings. The van der Waals surface area contributed by atoms with Crippen molar-refractivity contribution in [2.24, 2.45) is 0 Å². The van der Waals surface area contributed by atoms with E-state index in [0.29, 0.717) is 0 Å². The molecule has 5 heteroatoms. The van der Waals surface area contributed by atoms with E-state index in [4.69, 9.17) is 5.11 Å². The van der Waals surface area contributed by atoms with Crippen molar-refractivity contribution in [2.45, 2.75) is 25.6 Å². The van der Waals surface area contributed by atoms with Crippen molar-refractivity contribution in [3.8, 4) is 0 Å². The number of hydrogen-bond acceptors (Lipinski definition) is 4. The highest BCUT2D eigenvalue weighted by Crippen LogP contribution is 2.08. The number of aryl methyl sites for hydroxylation is 1. The molecule has 1 rings (SSSR count). The standard InChI is InChI=1S/C8H15N3OS/c1-2-3-11-8(9-7-10-11)6-13-5-4-12/h7,12H,2-6H2,1H3. The van der Waals surface area contributed by atoms with Gasteiger partial charge in [-0.3, -0.25) is 0 Å². The molecule has 0 spiro atoms. The molecule has 0 aliphatic heterocycles. The third kappa shape index (κ3) is 3.36. The van der Waals surface area contributed by atoms with E-state index in [0.717, 1.165) is 30.3 Å². The fraction of sp³-hybridized carbons (Fsp3) is 0.750. The lowest BCUT2D eigenvalue weighted by Gasteiger charge is -2.02. The van der Waals surface area contributed by atoms with E-state index < -0.39 is 0 Å². The molecular formula is C8H15N3OS. The largest absolute Gasteiger partial charge is 0.396 e. The van der Waals surface area contributed by atoms with Gasteiger partial charge in [0, 0.05) is 12.3 Å². The summed E-state index contributed by atoms with van der Waals surface area (Å²) < 4.78 is 1.92. The van der Waals surface area contributed by atoms with Gasteiger partial charge in [0.2, 0.25) is 0 Å². The second-order valence-corrected chi connectivity index (χ2v) is 3.78. The first-order valence-electron chi connectivity index (χ1n) is 4.43. The Balaban J connectivity index is 2.40. The maximum atomic E-state index is 8.60. The highest BCUT2D eigenvalue weighted by molar-refractivity contribution is 7.98. The summed E-state index contributed by atoms with van der Waals surface area (Å²) in [6.07, 6.45) is 2.66. The number of thioether (sulfide) groups is 1. The minimum Gasteiger partial charge on any atom is -0.396 e. The molecule has 1 N–H and O–H groups in total. The molecule has 0 atom stereocenters. The van der Waals surface area contributed by atoms with Gasteiger partial charge < -0.3 is 5.11 Å². The lowest BCUT2D eigenvalue weighted by Crippen LogP contribution is -2.04. The van der Waals surface area contributed by atoms with Gasteiger partial charge in [0.1, 0.15) is 12.2 Å². The van der Waals surface area contributed by atoms with Gasteiger partial charge in [0.15, 0.2) is 0 Å². The highest BCUT2D eigenvalue weighted by Gasteiger charge is 2.02. The number of hydrogen-bond donors (Lipinski definition) is 1. The first-order valence-corrected chi connectivity index (χ1v) is 5.59. The van der Waals surface area contributed by atoms with Crippen LogP contribution in [-0.4, -0.2) is 32.2 Å². The Bertz CT molecular complexity index is 239. The number of rotatable bonds is 6. The fourth-order valence-corrected chi connectivity index (χ4v) is 1.71. The summed E-state index contributed by atoms with van der Waals surface area (Å²) in [6, 6.07) is 0. The van der Waals surface area contributed by atoms with Crippen molar-refractivity contribution in [3.63, 3.8) is 0 Å². The predicted molar refractivity (Wildman–Crippen MR) is 53.6 cm³/mol. The summed E-state index contributed by atoms with van der Waals surface area (Å²) in [7, 11) is 0. The molecule has 0 amide bonds. The highest BCUT2D eigenvalue weighted by atomic mass is 32.2. The van der Waals surface area contributed by atoms with Crippen molar-refractivity contribution in [3.05, 3.63) is 12.2 Å². The van der Waals surface area contributed by atoms with Gasteiger partial charge in [-0.15, -0.1) is 0 Å². The summed E-state index contributed by atoms with van der Waals surface area (Å²) >= 11 is 1.68. The van der Waals surface area contributed by atoms with Crippen LogP contribution in [0, 0.1) is 0 Å². The van der Waals surface area contributed by atoms with Crippen LogP contribution in [0.1, 0.15) is 19.2 Å². The van der Waals surface area contributed by atoms with Crippen LogP contribution in [0.3, 0.4) is 0 Å². The monoisotopic (exact) mass is 201 g/mol. The summed E-state index contributed by atoms with van der Waals surface area (Å²) in [6.45, 7) is 3.27. The van der Waals surface area contributed by atoms with E-state index in [1.54, 1.807) is 18.1 Å². The van der Waals surface area contributed by atoms with Gasteiger partial charge in [-0.2, -0.15) is 16.9 Å². The van der Waals surface area contributed by atoms with E-state index in [2.05, 4.69) is 17.0 Å². The lowest BCUT2D eigenvalue weighted by atomic mass is 10.5. The van der Waals surface area contributed by atoms with Crippen molar-refractivity contribution < 1.29 is 5.11 Å². The Hall–Kier alpha value is -0.550. The van der Waals surface area contributed by atoms with E-state index in [1.807, 2.05) is 4.68 Å². The Morgan fingerprint density at radius 2 is 2.46 bits per heavy atom. The molecule has 1 aromatic rings. The Labute approximate surface area is 82.4 Å². The van der Waals surface area contributed by atoms with Gasteiger partial charge in [-0.25, -0.2) is 9.67 Å². The van der Waals surface area contributed by atoms with Crippen LogP contribution in [0.15, 0.2) is 6.33 Å². The summed E-state index contributed by atoms with van der Waals surface area (Å²) in [5, 5.41) is 12.7. The van der Waals surface area contributed by atoms with Crippen LogP contribution in [0.2, 0.25) is 0 Å². The van der Waals surface area contributed by atoms with E-state index in [9.17, 15) is 0 Å². The Morgan fingerprint density at radius 3 is 3.15 bits per heavy atom. The number of nitrogens with zero attached hydrogens (tertiary/aromatic N) is 3. The number of aliphatic hydroxyl groups is 1. The molecule has 0 aromatic carbocycles. The topological polar surface area (TPSA) is 50.9 Å². The SMILES string of the molecule is CCCn1ncnc1CSCCO. The molecule has 0 aliphatic carbocycles. The van der Waals surface area contributed by atoms with Crippen LogP contribution in [0.25, 0.3) is 0 Å². The molecule has 1 heterocycles. The van der Waals surface area contributed by atoms with Gasteiger partial charge in [0.25, 0.3) is 0 Å². The summed E-state index contributed by atoms with van der Waals surface area (Å²) in [5.74, 6) is 2.60. The average Bonchev–Trinajstić information content (AvgIpc) is 2.54. The molecule has 0 saturated carbocycles. The lowest BCUT2D eigenvalue weighted by molar-refractivity contribution is 0.322. The smallest absolute Gasteiger partial charge is 0.138 e. The second-order valence-electron chi connectivity index (χ2n) is 2.68. The van der Waals surface area contributed by atoms with E-state index >= 15 is 0 Å². The van der Waals surface area contributed by atoms with Crippen molar-refractivity contribution in [1.29, 1.82) is 0 Å². The zero-order valence-electron chi connectivity index (χ0n) is 7.81. The van der Waals surface area contributed by atoms with Crippen LogP contribution in [0.5, 0.6) is 0 Å². The molecule has 0 unspecified atom stereocenters. The number of aliphatic hydroxyl groups excluding tert-OH is 1. The molecule has 74 valence electrons. The quantitative estimate of drug-likeness (QED) is 0.695. The third-order valence-corrected chi connectivity index (χ3v) is 2.53. The normalized spacial score (nSPS) is 10.6. The summed E-state index contributed by atoms with van der Waals surface area (Å²) in [5.41, 5.74) is 0. The first kappa shape index (κ1) is 10.5. The zero-order chi connectivity index (χ0) is 9.52. The maximum absolute atomic E-state index is 8.60. The van der Waals surface area contributed by atoms with Crippen LogP contribution < -0.4 is 0 Å². The molecule has 4 nitrogen and oxygen atoms in total. The van der Waals surface area contributed by atoms with Gasteiger partial charge >= 0.3 is 0 Å². The molecule has 0 bridgehead atoms. The number of aromatic nitrogens is 3. The van der Waals surface area contributed by atoms with Crippen LogP contribution in [-0.2, 0) is 12.3 Å². The molecule has 13 heavy (non-hydrogen) atoms. The molecule has 0 radical (unpaired) electrons. The zero-order valence-corrected chi connectivity index (χ0v) is 8.63. The fourth-order valence-electron chi connectivity index (χ4n) is 1.03. The van der Waals surface area contributed by atoms with Crippen molar-refractivity contribution >= 4 is 11.8 Å². The molecule has 1 aromatic heterocycles. The Kier molecular flexibility index (Phi) is 4.85. The first-order chi connectivity index (χ1) is 6.38. The van der Waals surface area contributed by atoms with Crippen molar-refractivity contribution in [1.82, 2.24) is 14.8 Å². The maximum Gasteiger partial charge on any atom is 0.138 e. The van der Waals surface area contributed by atoms with Crippen LogP contribution >= 0.6 is 11.8 Å². The second kappa shape index (κ2) is 5.99. The molecular weight excluding hydrogens is 186 g/mol. The minimum absolute atomic E-state index is 0.229. The molecule has 0 aliphatic rings. The average molecular weight is 201 g/mol. The minimum atomic E-state index is 0.229. The Morgan fingerprint density at radius 1 is 1.62 bits per heavy atom. The predicted octanol–water partition coefficient (Wildman–Crippen LogP) is 0.914. The van der Waals surface area contributed by atoms with E-state index in [-0.39, 0.29) is 6.61 Å². The van der Waals surface area contributed by atoms with E-state index in [1.165, 1.54) is 0 Å².